The molecule has 13 heavy (non-hydrogen) atoms. The number of ether oxygens (including phenoxy) is 1. The van der Waals surface area contributed by atoms with Gasteiger partial charge in [-0.25, -0.2) is 0 Å². The Balaban J connectivity index is 2.72. The summed E-state index contributed by atoms with van der Waals surface area (Å²) < 4.78 is 5.69. The second kappa shape index (κ2) is 4.28. The minimum atomic E-state index is -1.23. The number of benzene rings is 1. The first kappa shape index (κ1) is 10.1. The van der Waals surface area contributed by atoms with Crippen LogP contribution >= 0.6 is 15.9 Å². The molecule has 0 N–H and O–H groups in total. The number of aryl methyl sites for hydroxylation is 1. The molecule has 0 unspecified atom stereocenters. The second-order valence-electron chi connectivity index (χ2n) is 2.59. The van der Waals surface area contributed by atoms with Crippen molar-refractivity contribution >= 4 is 21.9 Å². The van der Waals surface area contributed by atoms with Crippen molar-refractivity contribution in [2.24, 2.45) is 0 Å². The Kier molecular flexibility index (Phi) is 3.31. The predicted octanol–water partition coefficient (Wildman–Crippen LogP) is 0.886. The number of carbonyl (C=O) groups excluding carboxylic acids is 1. The van der Waals surface area contributed by atoms with Crippen molar-refractivity contribution in [3.8, 4) is 5.75 Å². The maximum atomic E-state index is 10.1. The lowest BCUT2D eigenvalue weighted by molar-refractivity contribution is -0.307. The maximum absolute atomic E-state index is 10.1. The largest absolute Gasteiger partial charge is 0.546 e. The molecule has 70 valence electrons. The van der Waals surface area contributed by atoms with Crippen LogP contribution < -0.4 is 9.84 Å². The molecule has 0 saturated heterocycles. The van der Waals surface area contributed by atoms with Crippen LogP contribution in [0.3, 0.4) is 0 Å². The zero-order valence-corrected chi connectivity index (χ0v) is 8.63. The Hall–Kier alpha value is -1.03. The minimum absolute atomic E-state index is 0.429. The van der Waals surface area contributed by atoms with Gasteiger partial charge >= 0.3 is 0 Å². The third-order valence-corrected chi connectivity index (χ3v) is 2.05. The highest BCUT2D eigenvalue weighted by Crippen LogP contribution is 2.25. The maximum Gasteiger partial charge on any atom is 0.134 e. The lowest BCUT2D eigenvalue weighted by atomic mass is 10.2. The molecule has 0 aromatic heterocycles. The summed E-state index contributed by atoms with van der Waals surface area (Å²) in [6, 6.07) is 5.41. The first-order valence-electron chi connectivity index (χ1n) is 3.68. The van der Waals surface area contributed by atoms with E-state index in [4.69, 9.17) is 4.74 Å². The fraction of sp³-hybridized carbons (Fsp3) is 0.222. The van der Waals surface area contributed by atoms with Crippen molar-refractivity contribution in [3.63, 3.8) is 0 Å². The molecule has 0 radical (unpaired) electrons. The highest BCUT2D eigenvalue weighted by molar-refractivity contribution is 9.10. The van der Waals surface area contributed by atoms with Crippen LogP contribution in [0.4, 0.5) is 0 Å². The lowest BCUT2D eigenvalue weighted by Gasteiger charge is -2.08. The van der Waals surface area contributed by atoms with Gasteiger partial charge in [0.25, 0.3) is 0 Å². The molecule has 1 aromatic carbocycles. The van der Waals surface area contributed by atoms with E-state index in [0.717, 1.165) is 10.0 Å². The van der Waals surface area contributed by atoms with E-state index >= 15 is 0 Å². The van der Waals surface area contributed by atoms with Crippen LogP contribution in [0.15, 0.2) is 22.7 Å². The number of hydrogen-bond donors (Lipinski definition) is 0. The number of carbonyl (C=O) groups is 1. The summed E-state index contributed by atoms with van der Waals surface area (Å²) in [6.07, 6.45) is 0. The minimum Gasteiger partial charge on any atom is -0.546 e. The molecule has 0 saturated carbocycles. The monoisotopic (exact) mass is 243 g/mol. The molecular formula is C9H8BrO3-. The highest BCUT2D eigenvalue weighted by Gasteiger charge is 2.00. The summed E-state index contributed by atoms with van der Waals surface area (Å²) in [7, 11) is 0. The normalized spacial score (nSPS) is 9.69. The molecule has 0 aliphatic rings. The van der Waals surface area contributed by atoms with Gasteiger partial charge in [0.15, 0.2) is 0 Å². The van der Waals surface area contributed by atoms with E-state index in [1.165, 1.54) is 0 Å². The molecule has 0 aliphatic heterocycles. The van der Waals surface area contributed by atoms with Crippen LogP contribution in [-0.4, -0.2) is 12.6 Å². The average molecular weight is 244 g/mol. The fourth-order valence-corrected chi connectivity index (χ4v) is 1.47. The Morgan fingerprint density at radius 2 is 2.31 bits per heavy atom. The van der Waals surface area contributed by atoms with Gasteiger partial charge in [0, 0.05) is 0 Å². The molecule has 0 heterocycles. The third-order valence-electron chi connectivity index (χ3n) is 1.43. The molecule has 0 bridgehead atoms. The Labute approximate surface area is 84.5 Å². The van der Waals surface area contributed by atoms with Gasteiger partial charge in [-0.1, -0.05) is 6.07 Å². The van der Waals surface area contributed by atoms with E-state index < -0.39 is 12.6 Å². The zero-order valence-electron chi connectivity index (χ0n) is 7.04. The standard InChI is InChI=1S/C9H9BrO3/c1-6-2-3-8(7(10)4-6)13-5-9(11)12/h2-4H,5H2,1H3,(H,11,12)/p-1. The first-order valence-corrected chi connectivity index (χ1v) is 4.47. The molecule has 0 spiro atoms. The average Bonchev–Trinajstić information content (AvgIpc) is 2.02. The molecule has 0 amide bonds. The van der Waals surface area contributed by atoms with Gasteiger partial charge in [-0.3, -0.25) is 0 Å². The fourth-order valence-electron chi connectivity index (χ4n) is 0.860. The lowest BCUT2D eigenvalue weighted by Crippen LogP contribution is -2.29. The van der Waals surface area contributed by atoms with Gasteiger partial charge in [0.1, 0.15) is 12.4 Å². The van der Waals surface area contributed by atoms with Crippen molar-refractivity contribution in [1.29, 1.82) is 0 Å². The Morgan fingerprint density at radius 1 is 1.62 bits per heavy atom. The topological polar surface area (TPSA) is 49.4 Å². The van der Waals surface area contributed by atoms with Gasteiger partial charge in [-0.15, -0.1) is 0 Å². The van der Waals surface area contributed by atoms with E-state index in [9.17, 15) is 9.90 Å². The van der Waals surface area contributed by atoms with Crippen LogP contribution in [0.25, 0.3) is 0 Å². The van der Waals surface area contributed by atoms with Crippen molar-refractivity contribution in [1.82, 2.24) is 0 Å². The molecule has 1 rings (SSSR count). The summed E-state index contributed by atoms with van der Waals surface area (Å²) in [5.74, 6) is -0.720. The van der Waals surface area contributed by atoms with Gasteiger partial charge in [0.2, 0.25) is 0 Å². The van der Waals surface area contributed by atoms with Gasteiger partial charge in [-0.05, 0) is 40.5 Å². The Morgan fingerprint density at radius 3 is 2.85 bits per heavy atom. The van der Waals surface area contributed by atoms with E-state index in [1.54, 1.807) is 6.07 Å². The third kappa shape index (κ3) is 3.06. The van der Waals surface area contributed by atoms with E-state index in [-0.39, 0.29) is 0 Å². The second-order valence-corrected chi connectivity index (χ2v) is 3.45. The van der Waals surface area contributed by atoms with Crippen LogP contribution in [-0.2, 0) is 4.79 Å². The van der Waals surface area contributed by atoms with E-state index in [1.807, 2.05) is 19.1 Å². The summed E-state index contributed by atoms with van der Waals surface area (Å²) in [6.45, 7) is 1.51. The number of rotatable bonds is 3. The van der Waals surface area contributed by atoms with Crippen molar-refractivity contribution in [2.45, 2.75) is 6.92 Å². The number of carboxylic acids is 1. The van der Waals surface area contributed by atoms with Crippen molar-refractivity contribution in [3.05, 3.63) is 28.2 Å². The Bertz CT molecular complexity index is 323. The van der Waals surface area contributed by atoms with Gasteiger partial charge in [-0.2, -0.15) is 0 Å². The van der Waals surface area contributed by atoms with Crippen molar-refractivity contribution in [2.75, 3.05) is 6.61 Å². The van der Waals surface area contributed by atoms with E-state index in [0.29, 0.717) is 5.75 Å². The number of hydrogen-bond acceptors (Lipinski definition) is 3. The summed E-state index contributed by atoms with van der Waals surface area (Å²) in [5.41, 5.74) is 1.08. The first-order chi connectivity index (χ1) is 6.09. The molecule has 3 nitrogen and oxygen atoms in total. The van der Waals surface area contributed by atoms with Crippen LogP contribution in [0.1, 0.15) is 5.56 Å². The molecule has 0 aliphatic carbocycles. The van der Waals surface area contributed by atoms with Crippen LogP contribution in [0, 0.1) is 6.92 Å². The van der Waals surface area contributed by atoms with Crippen LogP contribution in [0.2, 0.25) is 0 Å². The molecule has 0 fully saturated rings. The van der Waals surface area contributed by atoms with Gasteiger partial charge in [0.05, 0.1) is 10.4 Å². The highest BCUT2D eigenvalue weighted by atomic mass is 79.9. The predicted molar refractivity (Wildman–Crippen MR) is 49.4 cm³/mol. The summed E-state index contributed by atoms with van der Waals surface area (Å²) in [5, 5.41) is 10.1. The number of carboxylic acid groups (broad SMARTS) is 1. The quantitative estimate of drug-likeness (QED) is 0.793. The van der Waals surface area contributed by atoms with E-state index in [2.05, 4.69) is 15.9 Å². The summed E-state index contributed by atoms with van der Waals surface area (Å²) in [4.78, 5) is 10.1. The van der Waals surface area contributed by atoms with Crippen LogP contribution in [0.5, 0.6) is 5.75 Å². The smallest absolute Gasteiger partial charge is 0.134 e. The molecule has 1 aromatic rings. The zero-order chi connectivity index (χ0) is 9.84. The summed E-state index contributed by atoms with van der Waals surface area (Å²) >= 11 is 3.26. The van der Waals surface area contributed by atoms with Crippen molar-refractivity contribution < 1.29 is 14.6 Å². The molecule has 4 heteroatoms. The SMILES string of the molecule is Cc1ccc(OCC(=O)[O-])c(Br)c1. The molecular weight excluding hydrogens is 236 g/mol. The molecule has 0 atom stereocenters. The number of halogens is 1. The number of aliphatic carboxylic acids is 1. The van der Waals surface area contributed by atoms with Gasteiger partial charge < -0.3 is 14.6 Å².